The Bertz CT molecular complexity index is 771. The van der Waals surface area contributed by atoms with Gasteiger partial charge in [-0.15, -0.1) is 0 Å². The smallest absolute Gasteiger partial charge is 0.219 e. The number of nitrogens with zero attached hydrogens (tertiary/aromatic N) is 2. The maximum Gasteiger partial charge on any atom is 0.219 e. The Morgan fingerprint density at radius 1 is 1.14 bits per heavy atom. The second-order valence-corrected chi connectivity index (χ2v) is 4.95. The number of aryl methyl sites for hydroxylation is 1. The quantitative estimate of drug-likeness (QED) is 0.794. The Hall–Kier alpha value is -2.46. The summed E-state index contributed by atoms with van der Waals surface area (Å²) in [5.74, 6) is 1.35. The second kappa shape index (κ2) is 5.89. The SMILES string of the molecule is CNCc1cc(C)nc(Oc2ccc3cccnc3c2)c1. The van der Waals surface area contributed by atoms with Gasteiger partial charge in [-0.05, 0) is 43.8 Å². The number of fused-ring (bicyclic) bond motifs is 1. The summed E-state index contributed by atoms with van der Waals surface area (Å²) in [7, 11) is 1.92. The standard InChI is InChI=1S/C17H17N3O/c1-12-8-13(11-18-2)9-17(20-12)21-15-6-5-14-4-3-7-19-16(14)10-15/h3-10,18H,11H2,1-2H3. The van der Waals surface area contributed by atoms with Gasteiger partial charge < -0.3 is 10.1 Å². The van der Waals surface area contributed by atoms with Crippen molar-refractivity contribution in [1.29, 1.82) is 0 Å². The number of benzene rings is 1. The molecular formula is C17H17N3O. The Morgan fingerprint density at radius 2 is 2.05 bits per heavy atom. The van der Waals surface area contributed by atoms with E-state index in [0.717, 1.165) is 34.5 Å². The number of hydrogen-bond acceptors (Lipinski definition) is 4. The van der Waals surface area contributed by atoms with Gasteiger partial charge in [0.15, 0.2) is 0 Å². The van der Waals surface area contributed by atoms with Crippen LogP contribution in [0.25, 0.3) is 10.9 Å². The van der Waals surface area contributed by atoms with E-state index in [-0.39, 0.29) is 0 Å². The molecule has 0 bridgehead atoms. The Kier molecular flexibility index (Phi) is 3.79. The van der Waals surface area contributed by atoms with Crippen LogP contribution >= 0.6 is 0 Å². The normalized spacial score (nSPS) is 10.8. The van der Waals surface area contributed by atoms with Crippen LogP contribution < -0.4 is 10.1 Å². The van der Waals surface area contributed by atoms with Crippen molar-refractivity contribution in [2.45, 2.75) is 13.5 Å². The number of nitrogens with one attached hydrogen (secondary N) is 1. The highest BCUT2D eigenvalue weighted by Crippen LogP contribution is 2.24. The topological polar surface area (TPSA) is 47.0 Å². The van der Waals surface area contributed by atoms with Crippen LogP contribution in [0.3, 0.4) is 0 Å². The van der Waals surface area contributed by atoms with E-state index in [4.69, 9.17) is 4.74 Å². The first-order valence-electron chi connectivity index (χ1n) is 6.89. The molecule has 0 saturated carbocycles. The fraction of sp³-hybridized carbons (Fsp3) is 0.176. The third-order valence-electron chi connectivity index (χ3n) is 3.17. The largest absolute Gasteiger partial charge is 0.439 e. The van der Waals surface area contributed by atoms with E-state index < -0.39 is 0 Å². The predicted molar refractivity (Wildman–Crippen MR) is 83.6 cm³/mol. The first kappa shape index (κ1) is 13.5. The minimum Gasteiger partial charge on any atom is -0.439 e. The van der Waals surface area contributed by atoms with Crippen LogP contribution in [0.2, 0.25) is 0 Å². The van der Waals surface area contributed by atoms with Crippen LogP contribution in [-0.4, -0.2) is 17.0 Å². The minimum absolute atomic E-state index is 0.607. The molecule has 0 atom stereocenters. The van der Waals surface area contributed by atoms with Crippen molar-refractivity contribution in [3.05, 3.63) is 59.9 Å². The molecular weight excluding hydrogens is 262 g/mol. The fourth-order valence-electron chi connectivity index (χ4n) is 2.30. The lowest BCUT2D eigenvalue weighted by molar-refractivity contribution is 0.461. The van der Waals surface area contributed by atoms with Gasteiger partial charge in [0.2, 0.25) is 5.88 Å². The average Bonchev–Trinajstić information content (AvgIpc) is 2.47. The van der Waals surface area contributed by atoms with Crippen molar-refractivity contribution in [2.24, 2.45) is 0 Å². The average molecular weight is 279 g/mol. The summed E-state index contributed by atoms with van der Waals surface area (Å²) in [5.41, 5.74) is 3.01. The van der Waals surface area contributed by atoms with Gasteiger partial charge in [0, 0.05) is 36.0 Å². The monoisotopic (exact) mass is 279 g/mol. The number of rotatable bonds is 4. The van der Waals surface area contributed by atoms with Crippen molar-refractivity contribution in [3.63, 3.8) is 0 Å². The van der Waals surface area contributed by atoms with Crippen molar-refractivity contribution >= 4 is 10.9 Å². The lowest BCUT2D eigenvalue weighted by atomic mass is 10.2. The van der Waals surface area contributed by atoms with E-state index in [1.165, 1.54) is 0 Å². The number of ether oxygens (including phenoxy) is 1. The maximum atomic E-state index is 5.88. The highest BCUT2D eigenvalue weighted by molar-refractivity contribution is 5.79. The molecule has 0 radical (unpaired) electrons. The van der Waals surface area contributed by atoms with E-state index in [1.807, 2.05) is 56.4 Å². The van der Waals surface area contributed by atoms with Gasteiger partial charge in [0.1, 0.15) is 5.75 Å². The summed E-state index contributed by atoms with van der Waals surface area (Å²) in [6, 6.07) is 13.8. The number of aromatic nitrogens is 2. The van der Waals surface area contributed by atoms with Crippen molar-refractivity contribution in [3.8, 4) is 11.6 Å². The van der Waals surface area contributed by atoms with Gasteiger partial charge in [0.05, 0.1) is 5.52 Å². The molecule has 1 N–H and O–H groups in total. The van der Waals surface area contributed by atoms with Crippen LogP contribution in [0.5, 0.6) is 11.6 Å². The molecule has 3 rings (SSSR count). The zero-order valence-electron chi connectivity index (χ0n) is 12.1. The minimum atomic E-state index is 0.607. The zero-order valence-corrected chi connectivity index (χ0v) is 12.1. The summed E-state index contributed by atoms with van der Waals surface area (Å²) >= 11 is 0. The van der Waals surface area contributed by atoms with E-state index >= 15 is 0 Å². The molecule has 0 aliphatic carbocycles. The summed E-state index contributed by atoms with van der Waals surface area (Å²) in [5, 5.41) is 4.23. The van der Waals surface area contributed by atoms with E-state index in [2.05, 4.69) is 15.3 Å². The molecule has 0 unspecified atom stereocenters. The van der Waals surface area contributed by atoms with Crippen LogP contribution in [0.1, 0.15) is 11.3 Å². The molecule has 1 aromatic carbocycles. The molecule has 4 heteroatoms. The first-order valence-corrected chi connectivity index (χ1v) is 6.89. The fourth-order valence-corrected chi connectivity index (χ4v) is 2.30. The molecule has 0 saturated heterocycles. The Morgan fingerprint density at radius 3 is 2.90 bits per heavy atom. The van der Waals surface area contributed by atoms with Crippen molar-refractivity contribution < 1.29 is 4.74 Å². The summed E-state index contributed by atoms with van der Waals surface area (Å²) in [4.78, 5) is 8.76. The molecule has 21 heavy (non-hydrogen) atoms. The Balaban J connectivity index is 1.90. The van der Waals surface area contributed by atoms with Crippen LogP contribution in [0, 0.1) is 6.92 Å². The van der Waals surface area contributed by atoms with Gasteiger partial charge in [-0.1, -0.05) is 6.07 Å². The van der Waals surface area contributed by atoms with Gasteiger partial charge in [-0.3, -0.25) is 4.98 Å². The lowest BCUT2D eigenvalue weighted by Gasteiger charge is -2.09. The van der Waals surface area contributed by atoms with Crippen LogP contribution in [0.4, 0.5) is 0 Å². The lowest BCUT2D eigenvalue weighted by Crippen LogP contribution is -2.06. The summed E-state index contributed by atoms with van der Waals surface area (Å²) in [6.45, 7) is 2.76. The third kappa shape index (κ3) is 3.17. The number of hydrogen-bond donors (Lipinski definition) is 1. The van der Waals surface area contributed by atoms with Crippen LogP contribution in [-0.2, 0) is 6.54 Å². The maximum absolute atomic E-state index is 5.88. The van der Waals surface area contributed by atoms with E-state index in [1.54, 1.807) is 6.20 Å². The van der Waals surface area contributed by atoms with Gasteiger partial charge in [0.25, 0.3) is 0 Å². The Labute approximate surface area is 123 Å². The summed E-state index contributed by atoms with van der Waals surface area (Å²) in [6.07, 6.45) is 1.78. The second-order valence-electron chi connectivity index (χ2n) is 4.95. The molecule has 0 aliphatic rings. The molecule has 106 valence electrons. The molecule has 3 aromatic rings. The number of pyridine rings is 2. The molecule has 4 nitrogen and oxygen atoms in total. The van der Waals surface area contributed by atoms with Gasteiger partial charge >= 0.3 is 0 Å². The van der Waals surface area contributed by atoms with Crippen molar-refractivity contribution in [2.75, 3.05) is 7.05 Å². The molecule has 0 amide bonds. The molecule has 0 spiro atoms. The summed E-state index contributed by atoms with van der Waals surface area (Å²) < 4.78 is 5.88. The highest BCUT2D eigenvalue weighted by atomic mass is 16.5. The third-order valence-corrected chi connectivity index (χ3v) is 3.17. The molecule has 0 fully saturated rings. The van der Waals surface area contributed by atoms with E-state index in [9.17, 15) is 0 Å². The zero-order chi connectivity index (χ0) is 14.7. The van der Waals surface area contributed by atoms with Crippen molar-refractivity contribution in [1.82, 2.24) is 15.3 Å². The van der Waals surface area contributed by atoms with E-state index in [0.29, 0.717) is 5.88 Å². The molecule has 0 aliphatic heterocycles. The van der Waals surface area contributed by atoms with Crippen LogP contribution in [0.15, 0.2) is 48.7 Å². The molecule has 2 aromatic heterocycles. The predicted octanol–water partition coefficient (Wildman–Crippen LogP) is 3.45. The first-order chi connectivity index (χ1) is 10.2. The molecule has 2 heterocycles. The van der Waals surface area contributed by atoms with Gasteiger partial charge in [-0.2, -0.15) is 0 Å². The highest BCUT2D eigenvalue weighted by Gasteiger charge is 2.04. The van der Waals surface area contributed by atoms with Gasteiger partial charge in [-0.25, -0.2) is 4.98 Å².